The van der Waals surface area contributed by atoms with Crippen LogP contribution < -0.4 is 10.6 Å². The number of carbonyl (C=O) groups excluding carboxylic acids is 2. The Bertz CT molecular complexity index is 8520. The molecule has 22 aromatic rings. The van der Waals surface area contributed by atoms with E-state index < -0.39 is 87.5 Å². The molecule has 22 rings (SSSR count). The molecule has 0 spiro atoms. The van der Waals surface area contributed by atoms with Crippen LogP contribution in [-0.2, 0) is 6.18 Å². The molecule has 134 heavy (non-hydrogen) atoms. The Balaban J connectivity index is 0.000000112. The number of rotatable bonds is 9. The van der Waals surface area contributed by atoms with Crippen LogP contribution in [-0.4, -0.2) is 85.7 Å². The molecule has 668 valence electrons. The largest absolute Gasteiger partial charge is 0.417 e. The Labute approximate surface area is 753 Å². The number of nitrogens with one attached hydrogen (secondary N) is 7. The lowest BCUT2D eigenvalue weighted by Crippen LogP contribution is -2.19. The van der Waals surface area contributed by atoms with Crippen molar-refractivity contribution in [1.82, 2.24) is 70.4 Å². The highest BCUT2D eigenvalue weighted by Crippen LogP contribution is 2.43. The van der Waals surface area contributed by atoms with E-state index in [9.17, 15) is 79.8 Å². The van der Waals surface area contributed by atoms with E-state index in [-0.39, 0.29) is 83.3 Å². The normalized spacial score (nSPS) is 11.6. The van der Waals surface area contributed by atoms with Gasteiger partial charge >= 0.3 is 6.18 Å². The lowest BCUT2D eigenvalue weighted by atomic mass is 10.0. The van der Waals surface area contributed by atoms with Gasteiger partial charge < -0.3 is 35.6 Å². The Morgan fingerprint density at radius 3 is 1.07 bits per heavy atom. The number of carbonyl (C=O) groups is 2. The second-order valence-electron chi connectivity index (χ2n) is 30.8. The number of amides is 2. The summed E-state index contributed by atoms with van der Waals surface area (Å²) in [5.74, 6) is -11.0. The number of H-pyrrole nitrogens is 5. The summed E-state index contributed by atoms with van der Waals surface area (Å²) >= 11 is 2.92. The minimum atomic E-state index is -4.49. The van der Waals surface area contributed by atoms with Crippen LogP contribution in [0.4, 0.5) is 70.2 Å². The number of hydrogen-bond donors (Lipinski definition) is 7. The number of benzene rings is 10. The van der Waals surface area contributed by atoms with E-state index in [1.54, 1.807) is 103 Å². The number of hydrogen-bond acceptors (Lipinski definition) is 11. The molecule has 10 aromatic carbocycles. The zero-order valence-electron chi connectivity index (χ0n) is 70.2. The molecule has 0 aliphatic heterocycles. The molecule has 12 heterocycles. The third kappa shape index (κ3) is 16.0. The first-order valence-electron chi connectivity index (χ1n) is 40.5. The van der Waals surface area contributed by atoms with Gasteiger partial charge in [0.05, 0.1) is 116 Å². The second-order valence-corrected chi connectivity index (χ2v) is 32.5. The zero-order valence-corrected chi connectivity index (χ0v) is 71.8. The lowest BCUT2D eigenvalue weighted by molar-refractivity contribution is -0.136. The summed E-state index contributed by atoms with van der Waals surface area (Å²) in [4.78, 5) is 70.4. The predicted molar refractivity (Wildman–Crippen MR) is 488 cm³/mol. The fraction of sp³-hybridized carbons (Fsp3) is 0.0700. The van der Waals surface area contributed by atoms with Crippen LogP contribution in [0.1, 0.15) is 48.5 Å². The first-order valence-corrected chi connectivity index (χ1v) is 42.3. The molecule has 12 aromatic heterocycles. The van der Waals surface area contributed by atoms with Crippen molar-refractivity contribution in [2.45, 2.75) is 33.9 Å². The molecule has 0 aliphatic rings. The first-order chi connectivity index (χ1) is 64.4. The van der Waals surface area contributed by atoms with Gasteiger partial charge in [-0.1, -0.05) is 30.3 Å². The third-order valence-electron chi connectivity index (χ3n) is 23.0. The topological polar surface area (TPSA) is 227 Å². The minimum absolute atomic E-state index is 0.0107. The summed E-state index contributed by atoms with van der Waals surface area (Å²) in [5, 5.41) is 9.34. The summed E-state index contributed by atoms with van der Waals surface area (Å²) in [6.45, 7) is 5.56. The van der Waals surface area contributed by atoms with Crippen LogP contribution in [0.5, 0.6) is 0 Å². The van der Waals surface area contributed by atoms with Crippen LogP contribution in [0.15, 0.2) is 224 Å². The number of aromatic nitrogens is 12. The molecule has 2 amide bonds. The molecular weight excluding hydrogens is 1800 g/mol. The van der Waals surface area contributed by atoms with Crippen LogP contribution in [0.3, 0.4) is 0 Å². The van der Waals surface area contributed by atoms with Crippen molar-refractivity contribution in [3.63, 3.8) is 0 Å². The van der Waals surface area contributed by atoms with Gasteiger partial charge in [-0.25, -0.2) is 82.0 Å². The molecule has 0 aliphatic carbocycles. The fourth-order valence-corrected chi connectivity index (χ4v) is 17.4. The number of thiazole rings is 2. The van der Waals surface area contributed by atoms with E-state index in [1.165, 1.54) is 131 Å². The standard InChI is InChI=1S/C21H12F3N3S.C21H13F2N3S.C20H15F2N3O.C19H11F5N2.C19H11F4N3O/c1-10-15(23)6-12-13(7-26-21(12)20(10)24)17-4-2-11-16(27-17)5-3-14(22)19(11)18-8-25-9-28-18;1-11-16(22)7-14-15(8-25-21(14)20(11)23)18-6-5-12-13(19-9-24-10-27-19)3-2-4-17(12)26-18;1-10-15(21)8-13-14(9-24-19(13)18(10)22)17-7-6-11-12(20(26)23-2)4-3-5-16(11)25-17;1-9-14(20)7-11-12(8-25-18(11)17(9)21)16-6-5-10-13(19(22,23)24)3-2-4-15(10)26-16;1-24-19(27)15-8-2-4-14(26-13(8)5-3-11(15)20)10-7-25-18-9(10)6-12(21)16(22)17(18)23/h2-9,26H,1H3;2-10,25H,1H3;3-9,24H,1-2H3,(H,23,26);2-8,25H,1H3;2-7,25H,1H3,(H,24,27). The smallest absolute Gasteiger partial charge is 0.358 e. The van der Waals surface area contributed by atoms with E-state index in [1.807, 2.05) is 36.5 Å². The number of nitrogens with zero attached hydrogens (tertiary/aromatic N) is 7. The highest BCUT2D eigenvalue weighted by atomic mass is 32.1. The zero-order chi connectivity index (χ0) is 94.3. The van der Waals surface area contributed by atoms with Crippen molar-refractivity contribution in [3.05, 3.63) is 339 Å². The van der Waals surface area contributed by atoms with Crippen LogP contribution in [0.2, 0.25) is 0 Å². The van der Waals surface area contributed by atoms with E-state index in [4.69, 9.17) is 4.98 Å². The van der Waals surface area contributed by atoms with Crippen LogP contribution >= 0.6 is 22.7 Å². The summed E-state index contributed by atoms with van der Waals surface area (Å²) in [5.41, 5.74) is 12.7. The molecule has 16 nitrogen and oxygen atoms in total. The van der Waals surface area contributed by atoms with E-state index in [0.29, 0.717) is 127 Å². The van der Waals surface area contributed by atoms with Gasteiger partial charge in [0.15, 0.2) is 40.7 Å². The second kappa shape index (κ2) is 35.4. The summed E-state index contributed by atoms with van der Waals surface area (Å²) in [7, 11) is 2.95. The van der Waals surface area contributed by atoms with E-state index in [2.05, 4.69) is 65.5 Å². The van der Waals surface area contributed by atoms with Crippen molar-refractivity contribution in [1.29, 1.82) is 0 Å². The quantitative estimate of drug-likeness (QED) is 0.0538. The molecule has 0 atom stereocenters. The highest BCUT2D eigenvalue weighted by Gasteiger charge is 2.33. The van der Waals surface area contributed by atoms with Gasteiger partial charge in [0.25, 0.3) is 11.8 Å². The first kappa shape index (κ1) is 88.7. The average Bonchev–Trinajstić information content (AvgIpc) is 1.54. The third-order valence-corrected chi connectivity index (χ3v) is 24.6. The van der Waals surface area contributed by atoms with Gasteiger partial charge in [-0.15, -0.1) is 22.7 Å². The molecule has 34 heteroatoms. The Morgan fingerprint density at radius 1 is 0.313 bits per heavy atom. The van der Waals surface area contributed by atoms with Gasteiger partial charge in [0, 0.05) is 178 Å². The summed E-state index contributed by atoms with van der Waals surface area (Å²) in [6, 6.07) is 43.1. The number of halogens is 16. The maximum atomic E-state index is 14.5. The molecule has 0 saturated heterocycles. The van der Waals surface area contributed by atoms with Crippen molar-refractivity contribution >= 4 is 144 Å². The maximum absolute atomic E-state index is 14.5. The fourth-order valence-electron chi connectivity index (χ4n) is 16.1. The Morgan fingerprint density at radius 2 is 0.657 bits per heavy atom. The lowest BCUT2D eigenvalue weighted by Gasteiger charge is -2.10. The molecule has 0 unspecified atom stereocenters. The maximum Gasteiger partial charge on any atom is 0.417 e. The van der Waals surface area contributed by atoms with Crippen molar-refractivity contribution < 1.29 is 79.8 Å². The Hall–Kier alpha value is -16.0. The number of fused-ring (bicyclic) bond motifs is 10. The Kier molecular flexibility index (Phi) is 23.4. The summed E-state index contributed by atoms with van der Waals surface area (Å²) < 4.78 is 222. The monoisotopic (exact) mass is 1860 g/mol. The highest BCUT2D eigenvalue weighted by molar-refractivity contribution is 7.13. The SMILES string of the molecule is CNC(=O)c1c(F)ccc2nc(-c3c[nH]c4c(F)c(F)c(F)cc34)ccc12.CNC(=O)c1cccc2nc(-c3c[nH]c4c(F)c(C)c(F)cc34)ccc12.Cc1c(F)cc2c(-c3ccc4c(-c5cncs5)c(F)ccc4n3)c[nH]c2c1F.Cc1c(F)cc2c(-c3ccc4c(-c5cncs5)cccc4n3)c[nH]c2c1F.Cc1c(F)cc2c(-c3ccc4c(C(F)(F)F)cccc4n3)c[nH]c2c1F. The van der Waals surface area contributed by atoms with Gasteiger partial charge in [0.1, 0.15) is 34.9 Å². The molecule has 0 fully saturated rings. The van der Waals surface area contributed by atoms with E-state index in [0.717, 1.165) is 39.5 Å². The van der Waals surface area contributed by atoms with Gasteiger partial charge in [-0.05, 0) is 167 Å². The summed E-state index contributed by atoms with van der Waals surface area (Å²) in [6.07, 6.45) is 6.70. The van der Waals surface area contributed by atoms with Crippen molar-refractivity contribution in [3.8, 4) is 77.2 Å². The molecule has 0 saturated carbocycles. The van der Waals surface area contributed by atoms with Crippen LogP contribution in [0.25, 0.3) is 186 Å². The molecule has 0 bridgehead atoms. The molecular formula is C100H62F16N14O2S2. The van der Waals surface area contributed by atoms with Crippen molar-refractivity contribution in [2.75, 3.05) is 14.1 Å². The number of alkyl halides is 3. The number of aromatic amines is 5. The van der Waals surface area contributed by atoms with Gasteiger partial charge in [-0.2, -0.15) is 13.2 Å². The predicted octanol–water partition coefficient (Wildman–Crippen LogP) is 26.9. The van der Waals surface area contributed by atoms with Crippen molar-refractivity contribution in [2.24, 2.45) is 0 Å². The van der Waals surface area contributed by atoms with Gasteiger partial charge in [-0.3, -0.25) is 19.6 Å². The molecule has 7 N–H and O–H groups in total. The number of pyridine rings is 5. The van der Waals surface area contributed by atoms with Gasteiger partial charge in [0.2, 0.25) is 0 Å². The van der Waals surface area contributed by atoms with Crippen LogP contribution in [0, 0.1) is 103 Å². The van der Waals surface area contributed by atoms with E-state index >= 15 is 0 Å². The average molecular weight is 1860 g/mol. The minimum Gasteiger partial charge on any atom is -0.358 e. The molecule has 0 radical (unpaired) electrons.